The molecule has 2 atom stereocenters. The van der Waals surface area contributed by atoms with Crippen LogP contribution in [-0.4, -0.2) is 40.0 Å². The third-order valence-corrected chi connectivity index (χ3v) is 4.91. The topological polar surface area (TPSA) is 87.3 Å². The van der Waals surface area contributed by atoms with Crippen molar-refractivity contribution in [3.05, 3.63) is 30.1 Å². The van der Waals surface area contributed by atoms with Crippen molar-refractivity contribution in [2.75, 3.05) is 13.6 Å². The van der Waals surface area contributed by atoms with Crippen molar-refractivity contribution < 1.29 is 17.6 Å². The van der Waals surface area contributed by atoms with Gasteiger partial charge in [0.2, 0.25) is 15.9 Å². The monoisotopic (exact) mass is 381 g/mol. The lowest BCUT2D eigenvalue weighted by Gasteiger charge is -2.22. The number of benzene rings is 1. The molecule has 1 aromatic carbocycles. The van der Waals surface area contributed by atoms with Gasteiger partial charge in [-0.1, -0.05) is 26.0 Å². The van der Waals surface area contributed by atoms with E-state index in [1.54, 1.807) is 20.9 Å². The fourth-order valence-corrected chi connectivity index (χ4v) is 3.27. The minimum Gasteiger partial charge on any atom is -0.353 e. The molecule has 1 amide bonds. The number of amides is 1. The molecule has 0 fully saturated rings. The molecule has 0 spiro atoms. The van der Waals surface area contributed by atoms with Crippen molar-refractivity contribution in [1.29, 1.82) is 0 Å². The fraction of sp³-hybridized carbons (Fsp3) is 0.533. The number of rotatable bonds is 8. The quantitative estimate of drug-likeness (QED) is 0.633. The Kier molecular flexibility index (Phi) is 9.42. The summed E-state index contributed by atoms with van der Waals surface area (Å²) in [5.74, 6) is -1.59. The number of hydrogen-bond donors (Lipinski definition) is 3. The van der Waals surface area contributed by atoms with Crippen molar-refractivity contribution in [2.45, 2.75) is 37.8 Å². The van der Waals surface area contributed by atoms with E-state index in [9.17, 15) is 17.6 Å². The maximum Gasteiger partial charge on any atom is 0.244 e. The molecule has 6 nitrogen and oxygen atoms in total. The molecular weight excluding hydrogens is 357 g/mol. The maximum atomic E-state index is 13.7. The number of carbonyl (C=O) groups is 1. The van der Waals surface area contributed by atoms with Crippen LogP contribution in [0.3, 0.4) is 0 Å². The zero-order valence-electron chi connectivity index (χ0n) is 14.2. The molecular formula is C15H25ClFN3O3S. The average Bonchev–Trinajstić information content (AvgIpc) is 2.49. The van der Waals surface area contributed by atoms with Gasteiger partial charge in [-0.2, -0.15) is 4.72 Å². The molecule has 9 heteroatoms. The molecule has 2 unspecified atom stereocenters. The first-order valence-electron chi connectivity index (χ1n) is 7.41. The van der Waals surface area contributed by atoms with E-state index in [-0.39, 0.29) is 24.4 Å². The highest BCUT2D eigenvalue weighted by Gasteiger charge is 2.29. The Bertz CT molecular complexity index is 641. The molecule has 0 aliphatic heterocycles. The van der Waals surface area contributed by atoms with Crippen molar-refractivity contribution in [1.82, 2.24) is 15.4 Å². The Morgan fingerprint density at radius 2 is 1.79 bits per heavy atom. The summed E-state index contributed by atoms with van der Waals surface area (Å²) in [4.78, 5) is 11.8. The second-order valence-electron chi connectivity index (χ2n) is 5.71. The summed E-state index contributed by atoms with van der Waals surface area (Å²) in [6.45, 7) is 5.68. The normalized spacial score (nSPS) is 13.9. The largest absolute Gasteiger partial charge is 0.353 e. The highest BCUT2D eigenvalue weighted by Crippen LogP contribution is 2.15. The molecule has 0 saturated heterocycles. The molecule has 0 bridgehead atoms. The second kappa shape index (κ2) is 9.93. The van der Waals surface area contributed by atoms with Crippen LogP contribution in [0.5, 0.6) is 0 Å². The summed E-state index contributed by atoms with van der Waals surface area (Å²) >= 11 is 0. The lowest BCUT2D eigenvalue weighted by molar-refractivity contribution is -0.123. The third kappa shape index (κ3) is 6.35. The van der Waals surface area contributed by atoms with Crippen LogP contribution in [0.1, 0.15) is 20.8 Å². The molecule has 0 aromatic heterocycles. The van der Waals surface area contributed by atoms with Crippen LogP contribution in [-0.2, 0) is 14.8 Å². The van der Waals surface area contributed by atoms with Crippen LogP contribution in [0, 0.1) is 11.7 Å². The van der Waals surface area contributed by atoms with Gasteiger partial charge >= 0.3 is 0 Å². The molecule has 138 valence electrons. The van der Waals surface area contributed by atoms with Crippen LogP contribution >= 0.6 is 12.4 Å². The first-order valence-corrected chi connectivity index (χ1v) is 8.89. The van der Waals surface area contributed by atoms with Gasteiger partial charge in [-0.25, -0.2) is 12.8 Å². The van der Waals surface area contributed by atoms with Gasteiger partial charge in [0.1, 0.15) is 16.8 Å². The van der Waals surface area contributed by atoms with E-state index in [1.165, 1.54) is 12.1 Å². The van der Waals surface area contributed by atoms with Crippen molar-refractivity contribution >= 4 is 28.3 Å². The average molecular weight is 382 g/mol. The molecule has 0 radical (unpaired) electrons. The zero-order valence-corrected chi connectivity index (χ0v) is 15.8. The summed E-state index contributed by atoms with van der Waals surface area (Å²) in [7, 11) is -2.36. The fourth-order valence-electron chi connectivity index (χ4n) is 1.85. The van der Waals surface area contributed by atoms with Crippen molar-refractivity contribution in [2.24, 2.45) is 5.92 Å². The molecule has 3 N–H and O–H groups in total. The van der Waals surface area contributed by atoms with Gasteiger partial charge in [-0.3, -0.25) is 4.79 Å². The van der Waals surface area contributed by atoms with Gasteiger partial charge in [0.15, 0.2) is 0 Å². The highest BCUT2D eigenvalue weighted by molar-refractivity contribution is 7.89. The van der Waals surface area contributed by atoms with Crippen LogP contribution in [0.2, 0.25) is 0 Å². The minimum atomic E-state index is -4.13. The Morgan fingerprint density at radius 1 is 1.21 bits per heavy atom. The Balaban J connectivity index is 0.00000529. The molecule has 0 heterocycles. The first-order chi connectivity index (χ1) is 10.7. The summed E-state index contributed by atoms with van der Waals surface area (Å²) in [5, 5.41) is 5.65. The molecule has 24 heavy (non-hydrogen) atoms. The number of likely N-dealkylation sites (N-methyl/N-ethyl adjacent to an activating group) is 1. The van der Waals surface area contributed by atoms with E-state index in [2.05, 4.69) is 15.4 Å². The van der Waals surface area contributed by atoms with E-state index < -0.39 is 32.7 Å². The van der Waals surface area contributed by atoms with Crippen molar-refractivity contribution in [3.63, 3.8) is 0 Å². The summed E-state index contributed by atoms with van der Waals surface area (Å²) in [6.07, 6.45) is 0. The van der Waals surface area contributed by atoms with E-state index in [0.29, 0.717) is 6.54 Å². The second-order valence-corrected chi connectivity index (χ2v) is 7.39. The highest BCUT2D eigenvalue weighted by atomic mass is 35.5. The van der Waals surface area contributed by atoms with Gasteiger partial charge in [0.25, 0.3) is 0 Å². The Morgan fingerprint density at radius 3 is 2.29 bits per heavy atom. The van der Waals surface area contributed by atoms with Gasteiger partial charge < -0.3 is 10.6 Å². The summed E-state index contributed by atoms with van der Waals surface area (Å²) < 4.78 is 40.6. The summed E-state index contributed by atoms with van der Waals surface area (Å²) in [6, 6.07) is 4.12. The van der Waals surface area contributed by atoms with Crippen LogP contribution in [0.25, 0.3) is 0 Å². The van der Waals surface area contributed by atoms with Gasteiger partial charge in [-0.05, 0) is 32.0 Å². The van der Waals surface area contributed by atoms with E-state index in [0.717, 1.165) is 12.1 Å². The molecule has 1 rings (SSSR count). The smallest absolute Gasteiger partial charge is 0.244 e. The maximum absolute atomic E-state index is 13.7. The number of halogens is 2. The first kappa shape index (κ1) is 22.8. The minimum absolute atomic E-state index is 0. The summed E-state index contributed by atoms with van der Waals surface area (Å²) in [5.41, 5.74) is 0. The number of carbonyl (C=O) groups excluding carboxylic acids is 1. The van der Waals surface area contributed by atoms with E-state index >= 15 is 0 Å². The zero-order chi connectivity index (χ0) is 17.6. The Labute approximate surface area is 149 Å². The number of hydrogen-bond acceptors (Lipinski definition) is 4. The molecule has 0 aliphatic carbocycles. The molecule has 0 saturated carbocycles. The SMILES string of the molecule is CNC(C)CNC(=O)C(NS(=O)(=O)c1ccccc1F)C(C)C.Cl. The van der Waals surface area contributed by atoms with Gasteiger partial charge in [0, 0.05) is 12.6 Å². The van der Waals surface area contributed by atoms with Gasteiger partial charge in [0.05, 0.1) is 0 Å². The lowest BCUT2D eigenvalue weighted by atomic mass is 10.1. The lowest BCUT2D eigenvalue weighted by Crippen LogP contribution is -2.51. The van der Waals surface area contributed by atoms with Gasteiger partial charge in [-0.15, -0.1) is 12.4 Å². The van der Waals surface area contributed by atoms with Crippen LogP contribution in [0.15, 0.2) is 29.2 Å². The van der Waals surface area contributed by atoms with Crippen LogP contribution in [0.4, 0.5) is 4.39 Å². The molecule has 1 aromatic rings. The third-order valence-electron chi connectivity index (χ3n) is 3.43. The van der Waals surface area contributed by atoms with E-state index in [1.807, 2.05) is 6.92 Å². The van der Waals surface area contributed by atoms with Crippen LogP contribution < -0.4 is 15.4 Å². The molecule has 0 aliphatic rings. The standard InChI is InChI=1S/C15H24FN3O3S.ClH/c1-10(2)14(15(20)18-9-11(3)17-4)19-23(21,22)13-8-6-5-7-12(13)16;/h5-8,10-11,14,17,19H,9H2,1-4H3,(H,18,20);1H. The number of nitrogens with one attached hydrogen (secondary N) is 3. The van der Waals surface area contributed by atoms with E-state index in [4.69, 9.17) is 0 Å². The van der Waals surface area contributed by atoms with Crippen molar-refractivity contribution in [3.8, 4) is 0 Å². The number of sulfonamides is 1. The predicted molar refractivity (Wildman–Crippen MR) is 94.1 cm³/mol. The Hall–Kier alpha value is -1.22. The predicted octanol–water partition coefficient (Wildman–Crippen LogP) is 1.27.